The predicted molar refractivity (Wildman–Crippen MR) is 318 cm³/mol. The maximum absolute atomic E-state index is 6.86. The average molecular weight is 959 g/mol. The van der Waals surface area contributed by atoms with E-state index < -0.39 is 0 Å². The molecule has 0 N–H and O–H groups in total. The van der Waals surface area contributed by atoms with Gasteiger partial charge in [-0.3, -0.25) is 0 Å². The van der Waals surface area contributed by atoms with Gasteiger partial charge in [0.15, 0.2) is 11.2 Å². The van der Waals surface area contributed by atoms with E-state index in [-0.39, 0.29) is 11.8 Å². The molecule has 4 nitrogen and oxygen atoms in total. The second-order valence-electron chi connectivity index (χ2n) is 20.7. The van der Waals surface area contributed by atoms with Crippen LogP contribution in [0.5, 0.6) is 0 Å². The molecule has 0 aliphatic rings. The largest absolute Gasteiger partial charge is 0.454 e. The van der Waals surface area contributed by atoms with E-state index in [1.165, 1.54) is 61.0 Å². The molecule has 0 radical (unpaired) electrons. The number of para-hydroxylation sites is 4. The second kappa shape index (κ2) is 20.2. The highest BCUT2D eigenvalue weighted by atomic mass is 16.3. The van der Waals surface area contributed by atoms with Crippen LogP contribution < -0.4 is 9.80 Å². The summed E-state index contributed by atoms with van der Waals surface area (Å²) in [7, 11) is 0. The maximum atomic E-state index is 6.86. The van der Waals surface area contributed by atoms with Gasteiger partial charge in [0.2, 0.25) is 0 Å². The monoisotopic (exact) mass is 959 g/mol. The molecule has 4 heteroatoms. The van der Waals surface area contributed by atoms with Crippen LogP contribution in [0.2, 0.25) is 0 Å². The topological polar surface area (TPSA) is 32.8 Å². The van der Waals surface area contributed by atoms with Gasteiger partial charge in [0.25, 0.3) is 0 Å². The molecular formula is C69H70N2O2. The summed E-state index contributed by atoms with van der Waals surface area (Å²) in [6.45, 7) is 26.6. The lowest BCUT2D eigenvalue weighted by Crippen LogP contribution is -2.13. The number of hydrogen-bond donors (Lipinski definition) is 0. The Hall–Kier alpha value is -7.56. The highest BCUT2D eigenvalue weighted by molar-refractivity contribution is 6.30. The Morgan fingerprint density at radius 2 is 0.685 bits per heavy atom. The summed E-state index contributed by atoms with van der Waals surface area (Å²) in [5.74, 6) is 1.32. The first-order valence-corrected chi connectivity index (χ1v) is 26.9. The minimum Gasteiger partial charge on any atom is -0.454 e. The molecule has 10 aromatic carbocycles. The normalized spacial score (nSPS) is 11.8. The number of fused-ring (bicyclic) bond motifs is 6. The Balaban J connectivity index is 0.00000118. The van der Waals surface area contributed by atoms with Crippen molar-refractivity contribution in [3.63, 3.8) is 0 Å². The molecule has 2 heterocycles. The lowest BCUT2D eigenvalue weighted by Gasteiger charge is -2.31. The van der Waals surface area contributed by atoms with E-state index in [1.54, 1.807) is 0 Å². The van der Waals surface area contributed by atoms with Crippen LogP contribution in [0, 0.1) is 0 Å². The molecule has 2 aromatic heterocycles. The third kappa shape index (κ3) is 8.45. The summed E-state index contributed by atoms with van der Waals surface area (Å²) >= 11 is 0. The smallest absolute Gasteiger partial charge is 0.159 e. The molecule has 0 spiro atoms. The van der Waals surface area contributed by atoms with Crippen LogP contribution in [0.25, 0.3) is 76.2 Å². The number of rotatable bonds is 10. The fourth-order valence-electron chi connectivity index (χ4n) is 11.0. The van der Waals surface area contributed by atoms with Crippen LogP contribution in [0.15, 0.2) is 179 Å². The van der Waals surface area contributed by atoms with Gasteiger partial charge in [-0.05, 0) is 128 Å². The fourth-order valence-corrected chi connectivity index (χ4v) is 11.0. The van der Waals surface area contributed by atoms with E-state index in [9.17, 15) is 0 Å². The molecule has 0 bridgehead atoms. The van der Waals surface area contributed by atoms with E-state index in [4.69, 9.17) is 8.83 Å². The Kier molecular flexibility index (Phi) is 13.5. The first-order valence-electron chi connectivity index (χ1n) is 26.9. The highest BCUT2D eigenvalue weighted by Crippen LogP contribution is 2.53. The summed E-state index contributed by atoms with van der Waals surface area (Å²) in [4.78, 5) is 4.92. The van der Waals surface area contributed by atoms with Crippen molar-refractivity contribution in [2.45, 2.75) is 113 Å². The number of nitrogens with zero attached hydrogens (tertiary/aromatic N) is 2. The maximum Gasteiger partial charge on any atom is 0.159 e. The minimum absolute atomic E-state index is 0.246. The van der Waals surface area contributed by atoms with Crippen LogP contribution in [0.4, 0.5) is 34.1 Å². The van der Waals surface area contributed by atoms with Gasteiger partial charge in [-0.1, -0.05) is 199 Å². The zero-order valence-corrected chi connectivity index (χ0v) is 44.9. The van der Waals surface area contributed by atoms with Crippen LogP contribution in [0.1, 0.15) is 135 Å². The van der Waals surface area contributed by atoms with E-state index in [0.29, 0.717) is 11.8 Å². The SMILES string of the molecule is CC.CC(C)c1ccc(N(c2cc(C(C)C)c3ccc4c(N(c5ccc(C(C)C)cc5)c5cccc6c5oc5ccccc56)cc(C(C)C)c5ccc2c3c54)c2cccc3c2oc2ccccc23)cc1.CCC. The average Bonchev–Trinajstić information content (AvgIpc) is 3.99. The van der Waals surface area contributed by atoms with Gasteiger partial charge in [-0.15, -0.1) is 0 Å². The third-order valence-electron chi connectivity index (χ3n) is 14.5. The molecule has 0 saturated heterocycles. The number of benzene rings is 10. The van der Waals surface area contributed by atoms with Gasteiger partial charge in [0.1, 0.15) is 11.2 Å². The second-order valence-corrected chi connectivity index (χ2v) is 20.7. The van der Waals surface area contributed by atoms with Gasteiger partial charge in [-0.25, -0.2) is 0 Å². The van der Waals surface area contributed by atoms with Crippen molar-refractivity contribution in [1.82, 2.24) is 0 Å². The Morgan fingerprint density at radius 3 is 1.04 bits per heavy atom. The molecule has 0 saturated carbocycles. The lowest BCUT2D eigenvalue weighted by molar-refractivity contribution is 0.668. The first-order chi connectivity index (χ1) is 35.5. The molecule has 12 aromatic rings. The van der Waals surface area contributed by atoms with Crippen molar-refractivity contribution in [3.05, 3.63) is 192 Å². The molecule has 73 heavy (non-hydrogen) atoms. The van der Waals surface area contributed by atoms with Crippen molar-refractivity contribution in [2.75, 3.05) is 9.80 Å². The Morgan fingerprint density at radius 1 is 0.342 bits per heavy atom. The molecule has 0 atom stereocenters. The van der Waals surface area contributed by atoms with Crippen LogP contribution >= 0.6 is 0 Å². The van der Waals surface area contributed by atoms with Crippen molar-refractivity contribution >= 4 is 110 Å². The van der Waals surface area contributed by atoms with E-state index in [0.717, 1.165) is 78.0 Å². The summed E-state index contributed by atoms with van der Waals surface area (Å²) < 4.78 is 13.7. The first kappa shape index (κ1) is 49.0. The Bertz CT molecular complexity index is 3630. The van der Waals surface area contributed by atoms with Crippen LogP contribution in [-0.2, 0) is 0 Å². The molecule has 0 unspecified atom stereocenters. The summed E-state index contributed by atoms with van der Waals surface area (Å²) in [5, 5.41) is 12.0. The fraction of sp³-hybridized carbons (Fsp3) is 0.246. The molecular weight excluding hydrogens is 889 g/mol. The van der Waals surface area contributed by atoms with E-state index >= 15 is 0 Å². The van der Waals surface area contributed by atoms with Gasteiger partial charge in [0, 0.05) is 43.7 Å². The van der Waals surface area contributed by atoms with Crippen LogP contribution in [0.3, 0.4) is 0 Å². The quantitative estimate of drug-likeness (QED) is 0.128. The zero-order valence-electron chi connectivity index (χ0n) is 44.9. The molecule has 12 rings (SSSR count). The molecule has 0 aliphatic heterocycles. The van der Waals surface area contributed by atoms with Gasteiger partial charge >= 0.3 is 0 Å². The van der Waals surface area contributed by atoms with E-state index in [1.807, 2.05) is 13.8 Å². The molecule has 0 amide bonds. The van der Waals surface area contributed by atoms with Gasteiger partial charge in [-0.2, -0.15) is 0 Å². The van der Waals surface area contributed by atoms with Crippen molar-refractivity contribution in [1.29, 1.82) is 0 Å². The van der Waals surface area contributed by atoms with Crippen molar-refractivity contribution < 1.29 is 8.83 Å². The standard InChI is InChI=1S/C64H56N2O2.C3H8.C2H6/c1-37(2)41-23-27-43(28-24-41)65(55-19-13-17-49-45-15-9-11-21-59(45)67-63(49)55)57-35-53(39(5)6)47-32-34-52-58(36-54(40(7)8)48-31-33-51(57)61(47)62(48)52)66(44-29-25-42(26-30-44)38(3)4)56-20-14-18-50-46-16-10-12-22-60(46)68-64(50)56;1-3-2;1-2/h9-40H,1-8H3;3H2,1-2H3;1-2H3. The molecule has 0 fully saturated rings. The summed E-state index contributed by atoms with van der Waals surface area (Å²) in [6.07, 6.45) is 1.25. The molecule has 0 aliphatic carbocycles. The van der Waals surface area contributed by atoms with Gasteiger partial charge < -0.3 is 18.6 Å². The summed E-state index contributed by atoms with van der Waals surface area (Å²) in [5.41, 5.74) is 15.2. The molecule has 368 valence electrons. The highest BCUT2D eigenvalue weighted by Gasteiger charge is 2.28. The predicted octanol–water partition coefficient (Wildman–Crippen LogP) is 22.3. The van der Waals surface area contributed by atoms with Crippen molar-refractivity contribution in [3.8, 4) is 0 Å². The number of anilines is 6. The zero-order chi connectivity index (χ0) is 51.2. The Labute approximate surface area is 432 Å². The minimum atomic E-state index is 0.246. The van der Waals surface area contributed by atoms with Crippen LogP contribution in [-0.4, -0.2) is 0 Å². The number of furan rings is 2. The third-order valence-corrected chi connectivity index (χ3v) is 14.5. The summed E-state index contributed by atoms with van der Waals surface area (Å²) in [6, 6.07) is 62.8. The number of hydrogen-bond acceptors (Lipinski definition) is 4. The lowest BCUT2D eigenvalue weighted by atomic mass is 9.84. The van der Waals surface area contributed by atoms with Gasteiger partial charge in [0.05, 0.1) is 22.7 Å². The van der Waals surface area contributed by atoms with Crippen molar-refractivity contribution in [2.24, 2.45) is 0 Å². The van der Waals surface area contributed by atoms with E-state index in [2.05, 4.69) is 249 Å².